The molecule has 0 atom stereocenters. The molecule has 0 bridgehead atoms. The Morgan fingerprint density at radius 1 is 1.47 bits per heavy atom. The minimum atomic E-state index is -0.131. The van der Waals surface area contributed by atoms with E-state index in [9.17, 15) is 9.59 Å². The van der Waals surface area contributed by atoms with E-state index in [1.54, 1.807) is 31.2 Å². The lowest BCUT2D eigenvalue weighted by atomic mass is 10.1. The summed E-state index contributed by atoms with van der Waals surface area (Å²) < 4.78 is 0. The van der Waals surface area contributed by atoms with E-state index >= 15 is 0 Å². The monoisotopic (exact) mass is 203 g/mol. The van der Waals surface area contributed by atoms with E-state index in [2.05, 4.69) is 5.32 Å². The Labute approximate surface area is 88.8 Å². The standard InChI is InChI=1S/C12H13NO2/c1-2-4-12(15)13-8-10-5-3-6-11(7-10)9-14/h2-7,9H,8H2,1H3,(H,13,15)/b4-2+. The fourth-order valence-electron chi connectivity index (χ4n) is 1.18. The normalized spacial score (nSPS) is 10.2. The highest BCUT2D eigenvalue weighted by Gasteiger charge is 1.97. The van der Waals surface area contributed by atoms with Crippen LogP contribution in [0.15, 0.2) is 36.4 Å². The summed E-state index contributed by atoms with van der Waals surface area (Å²) in [6.07, 6.45) is 3.93. The van der Waals surface area contributed by atoms with Gasteiger partial charge in [0.05, 0.1) is 0 Å². The zero-order valence-electron chi connectivity index (χ0n) is 8.57. The summed E-state index contributed by atoms with van der Waals surface area (Å²) in [4.78, 5) is 21.6. The Morgan fingerprint density at radius 3 is 2.93 bits per heavy atom. The molecule has 0 aliphatic carbocycles. The lowest BCUT2D eigenvalue weighted by Crippen LogP contribution is -2.20. The number of hydrogen-bond donors (Lipinski definition) is 1. The maximum Gasteiger partial charge on any atom is 0.243 e. The molecule has 0 saturated carbocycles. The van der Waals surface area contributed by atoms with Crippen molar-refractivity contribution in [3.8, 4) is 0 Å². The number of carbonyl (C=O) groups is 2. The number of hydrogen-bond acceptors (Lipinski definition) is 2. The van der Waals surface area contributed by atoms with Gasteiger partial charge >= 0.3 is 0 Å². The molecular formula is C12H13NO2. The summed E-state index contributed by atoms with van der Waals surface area (Å²) in [5.74, 6) is -0.131. The lowest BCUT2D eigenvalue weighted by molar-refractivity contribution is -0.116. The molecule has 0 saturated heterocycles. The molecule has 0 aliphatic heterocycles. The first-order valence-corrected chi connectivity index (χ1v) is 4.71. The number of aldehydes is 1. The van der Waals surface area contributed by atoms with Crippen LogP contribution in [0.2, 0.25) is 0 Å². The predicted octanol–water partition coefficient (Wildman–Crippen LogP) is 1.69. The Hall–Kier alpha value is -1.90. The first kappa shape index (κ1) is 11.2. The smallest absolute Gasteiger partial charge is 0.243 e. The van der Waals surface area contributed by atoms with Crippen molar-refractivity contribution < 1.29 is 9.59 Å². The topological polar surface area (TPSA) is 46.2 Å². The van der Waals surface area contributed by atoms with Gasteiger partial charge in [-0.2, -0.15) is 0 Å². The summed E-state index contributed by atoms with van der Waals surface area (Å²) in [5, 5.41) is 2.71. The van der Waals surface area contributed by atoms with Crippen molar-refractivity contribution >= 4 is 12.2 Å². The van der Waals surface area contributed by atoms with Gasteiger partial charge in [-0.05, 0) is 24.6 Å². The van der Waals surface area contributed by atoms with Crippen LogP contribution in [0.4, 0.5) is 0 Å². The summed E-state index contributed by atoms with van der Waals surface area (Å²) >= 11 is 0. The Kier molecular flexibility index (Phi) is 4.29. The van der Waals surface area contributed by atoms with Gasteiger partial charge < -0.3 is 5.32 Å². The maximum absolute atomic E-state index is 11.1. The van der Waals surface area contributed by atoms with E-state index < -0.39 is 0 Å². The molecule has 0 unspecified atom stereocenters. The van der Waals surface area contributed by atoms with Gasteiger partial charge in [0.2, 0.25) is 5.91 Å². The van der Waals surface area contributed by atoms with Crippen molar-refractivity contribution in [2.75, 3.05) is 0 Å². The predicted molar refractivity (Wildman–Crippen MR) is 58.5 cm³/mol. The third kappa shape index (κ3) is 3.77. The minimum absolute atomic E-state index is 0.131. The van der Waals surface area contributed by atoms with Crippen molar-refractivity contribution in [3.63, 3.8) is 0 Å². The second-order valence-corrected chi connectivity index (χ2v) is 3.08. The van der Waals surface area contributed by atoms with Crippen LogP contribution in [0.3, 0.4) is 0 Å². The van der Waals surface area contributed by atoms with Gasteiger partial charge in [-0.15, -0.1) is 0 Å². The van der Waals surface area contributed by atoms with E-state index in [0.29, 0.717) is 12.1 Å². The first-order valence-electron chi connectivity index (χ1n) is 4.71. The Bertz CT molecular complexity index is 383. The molecule has 0 heterocycles. The highest BCUT2D eigenvalue weighted by molar-refractivity contribution is 5.87. The molecule has 0 radical (unpaired) electrons. The van der Waals surface area contributed by atoms with Crippen molar-refractivity contribution in [3.05, 3.63) is 47.5 Å². The number of rotatable bonds is 4. The number of nitrogens with one attached hydrogen (secondary N) is 1. The number of benzene rings is 1. The van der Waals surface area contributed by atoms with Gasteiger partial charge in [-0.1, -0.05) is 24.3 Å². The van der Waals surface area contributed by atoms with Gasteiger partial charge in [-0.25, -0.2) is 0 Å². The second-order valence-electron chi connectivity index (χ2n) is 3.08. The van der Waals surface area contributed by atoms with E-state index in [0.717, 1.165) is 11.8 Å². The molecule has 0 aliphatic rings. The number of amides is 1. The Balaban J connectivity index is 2.57. The third-order valence-electron chi connectivity index (χ3n) is 1.87. The van der Waals surface area contributed by atoms with Gasteiger partial charge in [0.15, 0.2) is 0 Å². The van der Waals surface area contributed by atoms with E-state index in [1.165, 1.54) is 6.08 Å². The van der Waals surface area contributed by atoms with Gasteiger partial charge in [0, 0.05) is 12.1 Å². The largest absolute Gasteiger partial charge is 0.348 e. The van der Waals surface area contributed by atoms with Crippen LogP contribution in [0, 0.1) is 0 Å². The van der Waals surface area contributed by atoms with Crippen LogP contribution in [0.1, 0.15) is 22.8 Å². The van der Waals surface area contributed by atoms with E-state index in [4.69, 9.17) is 0 Å². The number of allylic oxidation sites excluding steroid dienone is 1. The van der Waals surface area contributed by atoms with Crippen LogP contribution in [0.25, 0.3) is 0 Å². The first-order chi connectivity index (χ1) is 7.26. The molecule has 3 heteroatoms. The molecule has 1 aromatic carbocycles. The van der Waals surface area contributed by atoms with Crippen molar-refractivity contribution in [2.24, 2.45) is 0 Å². The molecule has 78 valence electrons. The maximum atomic E-state index is 11.1. The summed E-state index contributed by atoms with van der Waals surface area (Å²) in [6.45, 7) is 2.22. The molecule has 1 N–H and O–H groups in total. The quantitative estimate of drug-likeness (QED) is 0.598. The minimum Gasteiger partial charge on any atom is -0.348 e. The molecule has 1 rings (SSSR count). The zero-order chi connectivity index (χ0) is 11.1. The average Bonchev–Trinajstić information content (AvgIpc) is 2.27. The zero-order valence-corrected chi connectivity index (χ0v) is 8.57. The SMILES string of the molecule is C/C=C/C(=O)NCc1cccc(C=O)c1. The molecule has 3 nitrogen and oxygen atoms in total. The molecule has 0 spiro atoms. The van der Waals surface area contributed by atoms with E-state index in [-0.39, 0.29) is 5.91 Å². The van der Waals surface area contributed by atoms with Crippen LogP contribution in [0.5, 0.6) is 0 Å². The van der Waals surface area contributed by atoms with Crippen LogP contribution in [-0.2, 0) is 11.3 Å². The summed E-state index contributed by atoms with van der Waals surface area (Å²) in [6, 6.07) is 7.14. The van der Waals surface area contributed by atoms with Gasteiger partial charge in [-0.3, -0.25) is 9.59 Å². The van der Waals surface area contributed by atoms with Crippen molar-refractivity contribution in [1.29, 1.82) is 0 Å². The van der Waals surface area contributed by atoms with Crippen molar-refractivity contribution in [2.45, 2.75) is 13.5 Å². The lowest BCUT2D eigenvalue weighted by Gasteiger charge is -2.02. The molecule has 1 aromatic rings. The summed E-state index contributed by atoms with van der Waals surface area (Å²) in [5.41, 5.74) is 1.53. The fraction of sp³-hybridized carbons (Fsp3) is 0.167. The van der Waals surface area contributed by atoms with Gasteiger partial charge in [0.1, 0.15) is 6.29 Å². The van der Waals surface area contributed by atoms with Crippen molar-refractivity contribution in [1.82, 2.24) is 5.32 Å². The van der Waals surface area contributed by atoms with Crippen LogP contribution in [-0.4, -0.2) is 12.2 Å². The third-order valence-corrected chi connectivity index (χ3v) is 1.87. The molecule has 15 heavy (non-hydrogen) atoms. The summed E-state index contributed by atoms with van der Waals surface area (Å²) in [7, 11) is 0. The molecule has 1 amide bonds. The fourth-order valence-corrected chi connectivity index (χ4v) is 1.18. The number of carbonyl (C=O) groups excluding carboxylic acids is 2. The Morgan fingerprint density at radius 2 is 2.27 bits per heavy atom. The highest BCUT2D eigenvalue weighted by Crippen LogP contribution is 2.02. The molecule has 0 fully saturated rings. The molecule has 0 aromatic heterocycles. The second kappa shape index (κ2) is 5.75. The van der Waals surface area contributed by atoms with Gasteiger partial charge in [0.25, 0.3) is 0 Å². The van der Waals surface area contributed by atoms with E-state index in [1.807, 2.05) is 6.07 Å². The average molecular weight is 203 g/mol. The highest BCUT2D eigenvalue weighted by atomic mass is 16.1. The van der Waals surface area contributed by atoms with Crippen LogP contribution >= 0.6 is 0 Å². The van der Waals surface area contributed by atoms with Crippen LogP contribution < -0.4 is 5.32 Å². The molecular weight excluding hydrogens is 190 g/mol.